The van der Waals surface area contributed by atoms with Crippen LogP contribution in [0.4, 0.5) is 4.39 Å². The van der Waals surface area contributed by atoms with Crippen LogP contribution in [0.15, 0.2) is 60.2 Å². The Morgan fingerprint density at radius 2 is 1.68 bits per heavy atom. The van der Waals surface area contributed by atoms with E-state index in [4.69, 9.17) is 0 Å². The van der Waals surface area contributed by atoms with Crippen LogP contribution in [0.5, 0.6) is 0 Å². The highest BCUT2D eigenvalue weighted by atomic mass is 19.1. The van der Waals surface area contributed by atoms with E-state index in [1.807, 2.05) is 36.4 Å². The van der Waals surface area contributed by atoms with Crippen LogP contribution in [0.3, 0.4) is 0 Å². The van der Waals surface area contributed by atoms with Crippen LogP contribution in [-0.4, -0.2) is 5.78 Å². The first-order chi connectivity index (χ1) is 9.15. The van der Waals surface area contributed by atoms with Gasteiger partial charge in [-0.05, 0) is 41.8 Å². The van der Waals surface area contributed by atoms with Gasteiger partial charge < -0.3 is 0 Å². The van der Waals surface area contributed by atoms with Gasteiger partial charge in [-0.2, -0.15) is 0 Å². The van der Waals surface area contributed by atoms with Crippen molar-refractivity contribution in [2.45, 2.75) is 13.3 Å². The zero-order valence-electron chi connectivity index (χ0n) is 10.8. The fourth-order valence-corrected chi connectivity index (χ4v) is 1.85. The van der Waals surface area contributed by atoms with Crippen LogP contribution in [0, 0.1) is 5.82 Å². The number of carbonyl (C=O) groups is 1. The smallest absolute Gasteiger partial charge is 0.156 e. The first kappa shape index (κ1) is 13.2. The number of halogens is 1. The van der Waals surface area contributed by atoms with Gasteiger partial charge in [-0.25, -0.2) is 4.39 Å². The molecule has 0 saturated carbocycles. The molecule has 0 fully saturated rings. The van der Waals surface area contributed by atoms with Crippen molar-refractivity contribution in [2.24, 2.45) is 0 Å². The van der Waals surface area contributed by atoms with E-state index >= 15 is 0 Å². The number of ketones is 1. The van der Waals surface area contributed by atoms with Gasteiger partial charge >= 0.3 is 0 Å². The zero-order valence-corrected chi connectivity index (χ0v) is 10.8. The van der Waals surface area contributed by atoms with Crippen LogP contribution in [0.25, 0.3) is 6.08 Å². The van der Waals surface area contributed by atoms with Gasteiger partial charge in [-0.15, -0.1) is 0 Å². The molecule has 0 aromatic heterocycles. The van der Waals surface area contributed by atoms with Crippen LogP contribution < -0.4 is 0 Å². The van der Waals surface area contributed by atoms with Gasteiger partial charge in [0.15, 0.2) is 5.78 Å². The molecule has 0 radical (unpaired) electrons. The Labute approximate surface area is 112 Å². The van der Waals surface area contributed by atoms with Crippen molar-refractivity contribution in [3.63, 3.8) is 0 Å². The second kappa shape index (κ2) is 6.10. The summed E-state index contributed by atoms with van der Waals surface area (Å²) in [7, 11) is 0. The van der Waals surface area contributed by atoms with Crippen molar-refractivity contribution in [1.82, 2.24) is 0 Å². The second-order valence-corrected chi connectivity index (χ2v) is 4.44. The summed E-state index contributed by atoms with van der Waals surface area (Å²) >= 11 is 0. The molecule has 19 heavy (non-hydrogen) atoms. The minimum absolute atomic E-state index is 0.0354. The van der Waals surface area contributed by atoms with Gasteiger partial charge in [0, 0.05) is 6.42 Å². The standard InChI is InChI=1S/C17H15FO/c1-13(19)16(11-14-5-3-2-4-6-14)12-15-7-9-17(18)10-8-15/h2-10,12H,11H2,1H3/b16-12+. The summed E-state index contributed by atoms with van der Waals surface area (Å²) in [6, 6.07) is 15.9. The average Bonchev–Trinajstić information content (AvgIpc) is 2.41. The predicted molar refractivity (Wildman–Crippen MR) is 75.2 cm³/mol. The van der Waals surface area contributed by atoms with E-state index in [-0.39, 0.29) is 11.6 Å². The molecule has 0 aliphatic rings. The number of carbonyl (C=O) groups excluding carboxylic acids is 1. The molecule has 0 heterocycles. The molecule has 0 aliphatic heterocycles. The third-order valence-corrected chi connectivity index (χ3v) is 2.90. The molecule has 0 unspecified atom stereocenters. The van der Waals surface area contributed by atoms with Gasteiger partial charge in [0.05, 0.1) is 0 Å². The molecule has 2 heteroatoms. The lowest BCUT2D eigenvalue weighted by Gasteiger charge is -2.04. The van der Waals surface area contributed by atoms with Gasteiger partial charge in [0.2, 0.25) is 0 Å². The minimum Gasteiger partial charge on any atom is -0.295 e. The number of rotatable bonds is 4. The molecule has 2 rings (SSSR count). The molecule has 96 valence electrons. The van der Waals surface area contributed by atoms with E-state index in [2.05, 4.69) is 0 Å². The predicted octanol–water partition coefficient (Wildman–Crippen LogP) is 4.04. The number of benzene rings is 2. The lowest BCUT2D eigenvalue weighted by molar-refractivity contribution is -0.113. The van der Waals surface area contributed by atoms with Crippen molar-refractivity contribution < 1.29 is 9.18 Å². The molecule has 0 bridgehead atoms. The van der Waals surface area contributed by atoms with E-state index in [9.17, 15) is 9.18 Å². The summed E-state index contributed by atoms with van der Waals surface area (Å²) in [6.07, 6.45) is 2.41. The fourth-order valence-electron chi connectivity index (χ4n) is 1.85. The van der Waals surface area contributed by atoms with Crippen LogP contribution in [0.1, 0.15) is 18.1 Å². The quantitative estimate of drug-likeness (QED) is 0.752. The Balaban J connectivity index is 2.25. The molecule has 0 atom stereocenters. The van der Waals surface area contributed by atoms with Crippen molar-refractivity contribution >= 4 is 11.9 Å². The van der Waals surface area contributed by atoms with E-state index in [0.717, 1.165) is 16.7 Å². The molecule has 0 N–H and O–H groups in total. The SMILES string of the molecule is CC(=O)/C(=C/c1ccc(F)cc1)Cc1ccccc1. The van der Waals surface area contributed by atoms with Crippen molar-refractivity contribution in [3.05, 3.63) is 77.1 Å². The number of Topliss-reactive ketones (excluding diaryl/α,β-unsaturated/α-hetero) is 1. The van der Waals surface area contributed by atoms with E-state index in [1.165, 1.54) is 12.1 Å². The van der Waals surface area contributed by atoms with Crippen LogP contribution in [-0.2, 0) is 11.2 Å². The van der Waals surface area contributed by atoms with E-state index in [1.54, 1.807) is 19.1 Å². The largest absolute Gasteiger partial charge is 0.295 e. The zero-order chi connectivity index (χ0) is 13.7. The summed E-state index contributed by atoms with van der Waals surface area (Å²) in [4.78, 5) is 11.7. The lowest BCUT2D eigenvalue weighted by Crippen LogP contribution is -2.00. The topological polar surface area (TPSA) is 17.1 Å². The summed E-state index contributed by atoms with van der Waals surface area (Å²) in [5, 5.41) is 0. The Kier molecular flexibility index (Phi) is 4.24. The van der Waals surface area contributed by atoms with Crippen molar-refractivity contribution in [2.75, 3.05) is 0 Å². The molecule has 0 saturated heterocycles. The minimum atomic E-state index is -0.274. The Morgan fingerprint density at radius 1 is 1.05 bits per heavy atom. The Bertz CT molecular complexity index is 582. The van der Waals surface area contributed by atoms with Crippen LogP contribution >= 0.6 is 0 Å². The van der Waals surface area contributed by atoms with Gasteiger partial charge in [-0.1, -0.05) is 42.5 Å². The Morgan fingerprint density at radius 3 is 2.26 bits per heavy atom. The van der Waals surface area contributed by atoms with Crippen LogP contribution in [0.2, 0.25) is 0 Å². The number of hydrogen-bond donors (Lipinski definition) is 0. The van der Waals surface area contributed by atoms with E-state index in [0.29, 0.717) is 6.42 Å². The molecule has 1 nitrogen and oxygen atoms in total. The highest BCUT2D eigenvalue weighted by molar-refractivity contribution is 5.98. The molecule has 2 aromatic carbocycles. The van der Waals surface area contributed by atoms with Gasteiger partial charge in [0.25, 0.3) is 0 Å². The molecular weight excluding hydrogens is 239 g/mol. The Hall–Kier alpha value is -2.22. The van der Waals surface area contributed by atoms with Crippen molar-refractivity contribution in [3.8, 4) is 0 Å². The van der Waals surface area contributed by atoms with Gasteiger partial charge in [0.1, 0.15) is 5.82 Å². The normalized spacial score (nSPS) is 11.4. The first-order valence-corrected chi connectivity index (χ1v) is 6.16. The highest BCUT2D eigenvalue weighted by Gasteiger charge is 2.05. The third-order valence-electron chi connectivity index (χ3n) is 2.90. The fraction of sp³-hybridized carbons (Fsp3) is 0.118. The average molecular weight is 254 g/mol. The molecule has 2 aromatic rings. The molecule has 0 spiro atoms. The summed E-state index contributed by atoms with van der Waals surface area (Å²) in [6.45, 7) is 1.55. The van der Waals surface area contributed by atoms with Gasteiger partial charge in [-0.3, -0.25) is 4.79 Å². The summed E-state index contributed by atoms with van der Waals surface area (Å²) in [5.41, 5.74) is 2.64. The monoisotopic (exact) mass is 254 g/mol. The second-order valence-electron chi connectivity index (χ2n) is 4.44. The maximum absolute atomic E-state index is 12.8. The van der Waals surface area contributed by atoms with Crippen molar-refractivity contribution in [1.29, 1.82) is 0 Å². The first-order valence-electron chi connectivity index (χ1n) is 6.16. The maximum Gasteiger partial charge on any atom is 0.156 e. The third kappa shape index (κ3) is 3.88. The lowest BCUT2D eigenvalue weighted by atomic mass is 10.00. The number of allylic oxidation sites excluding steroid dienone is 1. The molecule has 0 amide bonds. The maximum atomic E-state index is 12.8. The molecular formula is C17H15FO. The van der Waals surface area contributed by atoms with E-state index < -0.39 is 0 Å². The number of hydrogen-bond acceptors (Lipinski definition) is 1. The highest BCUT2D eigenvalue weighted by Crippen LogP contribution is 2.14. The summed E-state index contributed by atoms with van der Waals surface area (Å²) in [5.74, 6) is -0.238. The molecule has 0 aliphatic carbocycles. The summed E-state index contributed by atoms with van der Waals surface area (Å²) < 4.78 is 12.8.